The molecule has 6 heteroatoms. The molecule has 0 fully saturated rings. The van der Waals surface area contributed by atoms with Gasteiger partial charge in [-0.3, -0.25) is 14.4 Å². The van der Waals surface area contributed by atoms with Crippen LogP contribution in [-0.2, 0) is 28.6 Å². The number of hydrogen-bond acceptors (Lipinski definition) is 6. The van der Waals surface area contributed by atoms with Gasteiger partial charge in [0.1, 0.15) is 13.2 Å². The summed E-state index contributed by atoms with van der Waals surface area (Å²) in [4.78, 5) is 38.1. The van der Waals surface area contributed by atoms with E-state index in [-0.39, 0.29) is 31.1 Å². The Labute approximate surface area is 403 Å². The number of unbranched alkanes of at least 4 members (excludes halogenated alkanes) is 33. The standard InChI is InChI=1S/C59H106O6/c1-4-7-10-13-16-19-22-25-28-30-32-34-37-40-43-46-49-52-58(61)64-55-56(54-63-57(60)51-48-45-42-39-36-33-27-24-21-18-15-12-9-6-3)65-59(62)53-50-47-44-41-38-35-31-29-26-23-20-17-14-11-8-5-2/h16,19,25,28-29,31,35,38,56H,4-15,17-18,20-24,26-27,30,32-34,36-37,39-55H2,1-3H3/b19-16-,28-25-,31-29-,38-35-. The minimum atomic E-state index is -0.788. The van der Waals surface area contributed by atoms with Crippen LogP contribution in [0.15, 0.2) is 48.6 Å². The summed E-state index contributed by atoms with van der Waals surface area (Å²) in [5.74, 6) is -0.906. The van der Waals surface area contributed by atoms with Crippen molar-refractivity contribution in [2.75, 3.05) is 13.2 Å². The van der Waals surface area contributed by atoms with Gasteiger partial charge in [-0.15, -0.1) is 0 Å². The molecule has 0 N–H and O–H groups in total. The maximum Gasteiger partial charge on any atom is 0.306 e. The summed E-state index contributed by atoms with van der Waals surface area (Å²) in [6, 6.07) is 0. The highest BCUT2D eigenvalue weighted by Gasteiger charge is 2.19. The molecule has 0 radical (unpaired) electrons. The van der Waals surface area contributed by atoms with Crippen molar-refractivity contribution in [3.05, 3.63) is 48.6 Å². The summed E-state index contributed by atoms with van der Waals surface area (Å²) in [6.07, 6.45) is 65.2. The van der Waals surface area contributed by atoms with Gasteiger partial charge in [0.05, 0.1) is 0 Å². The molecule has 0 aliphatic carbocycles. The molecule has 0 heterocycles. The van der Waals surface area contributed by atoms with Gasteiger partial charge in [-0.2, -0.15) is 0 Å². The molecule has 65 heavy (non-hydrogen) atoms. The monoisotopic (exact) mass is 911 g/mol. The molecule has 0 aromatic heterocycles. The maximum atomic E-state index is 12.8. The maximum absolute atomic E-state index is 12.8. The molecule has 0 bridgehead atoms. The van der Waals surface area contributed by atoms with Gasteiger partial charge in [-0.05, 0) is 77.0 Å². The average Bonchev–Trinajstić information content (AvgIpc) is 3.30. The normalized spacial score (nSPS) is 12.4. The van der Waals surface area contributed by atoms with Gasteiger partial charge in [-0.1, -0.05) is 243 Å². The fourth-order valence-electron chi connectivity index (χ4n) is 8.05. The van der Waals surface area contributed by atoms with E-state index >= 15 is 0 Å². The third-order valence-corrected chi connectivity index (χ3v) is 12.3. The summed E-state index contributed by atoms with van der Waals surface area (Å²) in [5, 5.41) is 0. The molecule has 0 saturated carbocycles. The Morgan fingerprint density at radius 1 is 0.323 bits per heavy atom. The second kappa shape index (κ2) is 54.0. The molecule has 1 atom stereocenters. The fourth-order valence-corrected chi connectivity index (χ4v) is 8.05. The molecule has 0 saturated heterocycles. The summed E-state index contributed by atoms with van der Waals surface area (Å²) in [7, 11) is 0. The molecule has 378 valence electrons. The van der Waals surface area contributed by atoms with Gasteiger partial charge in [0.2, 0.25) is 0 Å². The second-order valence-corrected chi connectivity index (χ2v) is 18.9. The van der Waals surface area contributed by atoms with E-state index in [1.807, 2.05) is 0 Å². The van der Waals surface area contributed by atoms with Crippen LogP contribution in [0.1, 0.15) is 290 Å². The van der Waals surface area contributed by atoms with E-state index in [1.165, 1.54) is 167 Å². The zero-order valence-electron chi connectivity index (χ0n) is 43.3. The number of hydrogen-bond donors (Lipinski definition) is 0. The zero-order valence-corrected chi connectivity index (χ0v) is 43.3. The Balaban J connectivity index is 4.41. The largest absolute Gasteiger partial charge is 0.462 e. The van der Waals surface area contributed by atoms with Crippen molar-refractivity contribution in [1.82, 2.24) is 0 Å². The topological polar surface area (TPSA) is 78.9 Å². The van der Waals surface area contributed by atoms with E-state index in [4.69, 9.17) is 14.2 Å². The highest BCUT2D eigenvalue weighted by atomic mass is 16.6. The number of carbonyl (C=O) groups excluding carboxylic acids is 3. The van der Waals surface area contributed by atoms with Crippen molar-refractivity contribution < 1.29 is 28.6 Å². The quantitative estimate of drug-likeness (QED) is 0.0199. The minimum absolute atomic E-state index is 0.0836. The predicted octanol–water partition coefficient (Wildman–Crippen LogP) is 18.7. The lowest BCUT2D eigenvalue weighted by atomic mass is 10.0. The van der Waals surface area contributed by atoms with E-state index in [9.17, 15) is 14.4 Å². The first-order valence-electron chi connectivity index (χ1n) is 28.2. The predicted molar refractivity (Wildman–Crippen MR) is 279 cm³/mol. The minimum Gasteiger partial charge on any atom is -0.462 e. The smallest absolute Gasteiger partial charge is 0.306 e. The van der Waals surface area contributed by atoms with Gasteiger partial charge in [0, 0.05) is 19.3 Å². The Hall–Kier alpha value is -2.63. The van der Waals surface area contributed by atoms with Crippen LogP contribution in [0.25, 0.3) is 0 Å². The van der Waals surface area contributed by atoms with E-state index in [0.29, 0.717) is 19.3 Å². The summed E-state index contributed by atoms with van der Waals surface area (Å²) in [5.41, 5.74) is 0. The summed E-state index contributed by atoms with van der Waals surface area (Å²) in [6.45, 7) is 6.61. The first kappa shape index (κ1) is 62.4. The van der Waals surface area contributed by atoms with Crippen molar-refractivity contribution in [1.29, 1.82) is 0 Å². The lowest BCUT2D eigenvalue weighted by molar-refractivity contribution is -0.167. The molecule has 0 rings (SSSR count). The first-order chi connectivity index (χ1) is 32.0. The lowest BCUT2D eigenvalue weighted by Gasteiger charge is -2.18. The molecule has 1 unspecified atom stereocenters. The van der Waals surface area contributed by atoms with Crippen LogP contribution >= 0.6 is 0 Å². The summed E-state index contributed by atoms with van der Waals surface area (Å²) < 4.78 is 16.8. The van der Waals surface area contributed by atoms with Crippen LogP contribution in [0.4, 0.5) is 0 Å². The highest BCUT2D eigenvalue weighted by molar-refractivity contribution is 5.71. The Morgan fingerprint density at radius 2 is 0.600 bits per heavy atom. The number of esters is 3. The van der Waals surface area contributed by atoms with Crippen LogP contribution in [-0.4, -0.2) is 37.2 Å². The molecule has 0 amide bonds. The fraction of sp³-hybridized carbons (Fsp3) is 0.814. The second-order valence-electron chi connectivity index (χ2n) is 18.9. The van der Waals surface area contributed by atoms with Crippen LogP contribution in [0, 0.1) is 0 Å². The molecule has 6 nitrogen and oxygen atoms in total. The SMILES string of the molecule is CCCCC/C=C\C/C=C\CCCCCCCCCC(=O)OCC(COC(=O)CCCCCCCCCCCCCCCC)OC(=O)CCCCC/C=C\C=C/CCCCCCCCC. The van der Waals surface area contributed by atoms with Gasteiger partial charge in [-0.25, -0.2) is 0 Å². The number of rotatable bonds is 51. The molecule has 0 aliphatic rings. The molecule has 0 aromatic carbocycles. The number of allylic oxidation sites excluding steroid dienone is 8. The van der Waals surface area contributed by atoms with E-state index < -0.39 is 6.10 Å². The lowest BCUT2D eigenvalue weighted by Crippen LogP contribution is -2.30. The van der Waals surface area contributed by atoms with Crippen molar-refractivity contribution in [3.8, 4) is 0 Å². The average molecular weight is 911 g/mol. The van der Waals surface area contributed by atoms with Gasteiger partial charge < -0.3 is 14.2 Å². The highest BCUT2D eigenvalue weighted by Crippen LogP contribution is 2.16. The third-order valence-electron chi connectivity index (χ3n) is 12.3. The van der Waals surface area contributed by atoms with Crippen molar-refractivity contribution in [2.45, 2.75) is 297 Å². The molecular weight excluding hydrogens is 805 g/mol. The molecule has 0 spiro atoms. The van der Waals surface area contributed by atoms with Crippen molar-refractivity contribution in [2.24, 2.45) is 0 Å². The van der Waals surface area contributed by atoms with Crippen molar-refractivity contribution >= 4 is 17.9 Å². The first-order valence-corrected chi connectivity index (χ1v) is 28.2. The molecule has 0 aliphatic heterocycles. The van der Waals surface area contributed by atoms with Gasteiger partial charge in [0.25, 0.3) is 0 Å². The van der Waals surface area contributed by atoms with Crippen LogP contribution < -0.4 is 0 Å². The van der Waals surface area contributed by atoms with Crippen LogP contribution in [0.3, 0.4) is 0 Å². The van der Waals surface area contributed by atoms with E-state index in [2.05, 4.69) is 69.4 Å². The third kappa shape index (κ3) is 52.2. The Kier molecular flexibility index (Phi) is 51.8. The van der Waals surface area contributed by atoms with E-state index in [1.54, 1.807) is 0 Å². The van der Waals surface area contributed by atoms with E-state index in [0.717, 1.165) is 83.5 Å². The van der Waals surface area contributed by atoms with Crippen molar-refractivity contribution in [3.63, 3.8) is 0 Å². The Morgan fingerprint density at radius 3 is 0.985 bits per heavy atom. The van der Waals surface area contributed by atoms with Crippen LogP contribution in [0.2, 0.25) is 0 Å². The molecular formula is C59H106O6. The number of carbonyl (C=O) groups is 3. The molecule has 0 aromatic rings. The van der Waals surface area contributed by atoms with Gasteiger partial charge >= 0.3 is 17.9 Å². The summed E-state index contributed by atoms with van der Waals surface area (Å²) >= 11 is 0. The Bertz CT molecular complexity index is 1140. The van der Waals surface area contributed by atoms with Crippen LogP contribution in [0.5, 0.6) is 0 Å². The number of ether oxygens (including phenoxy) is 3. The van der Waals surface area contributed by atoms with Gasteiger partial charge in [0.15, 0.2) is 6.10 Å². The zero-order chi connectivity index (χ0) is 47.2.